The Balaban J connectivity index is 1.63. The Morgan fingerprint density at radius 3 is 2.33 bits per heavy atom. The molecular weight excluding hydrogens is 396 g/mol. The van der Waals surface area contributed by atoms with Gasteiger partial charge in [-0.05, 0) is 67.6 Å². The zero-order chi connectivity index (χ0) is 21.5. The molecule has 0 aromatic heterocycles. The average Bonchev–Trinajstić information content (AvgIpc) is 3.21. The number of hydrogen-bond donors (Lipinski definition) is 1. The summed E-state index contributed by atoms with van der Waals surface area (Å²) in [7, 11) is -3.77. The van der Waals surface area contributed by atoms with Crippen molar-refractivity contribution >= 4 is 32.4 Å². The first-order valence-electron chi connectivity index (χ1n) is 10.2. The van der Waals surface area contributed by atoms with Crippen LogP contribution in [0.5, 0.6) is 0 Å². The molecule has 5 nitrogen and oxygen atoms in total. The fraction of sp³-hybridized carbons (Fsp3) is 0.292. The SMILES string of the molecule is Cc1cc(C)c(NC(=O)[C@H]2CCCN2S(=O)(=O)c2ccc3ccccc3c2)c(C)c1. The average molecular weight is 423 g/mol. The van der Waals surface area contributed by atoms with Crippen LogP contribution in [-0.4, -0.2) is 31.2 Å². The Labute approximate surface area is 177 Å². The zero-order valence-electron chi connectivity index (χ0n) is 17.5. The lowest BCUT2D eigenvalue weighted by Gasteiger charge is -2.24. The van der Waals surface area contributed by atoms with Crippen LogP contribution in [0.3, 0.4) is 0 Å². The number of carbonyl (C=O) groups excluding carboxylic acids is 1. The van der Waals surface area contributed by atoms with E-state index in [1.165, 1.54) is 4.31 Å². The molecule has 1 amide bonds. The quantitative estimate of drug-likeness (QED) is 0.670. The first-order valence-corrected chi connectivity index (χ1v) is 11.6. The lowest BCUT2D eigenvalue weighted by molar-refractivity contribution is -0.119. The van der Waals surface area contributed by atoms with Crippen LogP contribution in [0.4, 0.5) is 5.69 Å². The predicted molar refractivity (Wildman–Crippen MR) is 120 cm³/mol. The van der Waals surface area contributed by atoms with Crippen LogP contribution < -0.4 is 5.32 Å². The first-order chi connectivity index (χ1) is 14.3. The third-order valence-electron chi connectivity index (χ3n) is 5.76. The van der Waals surface area contributed by atoms with Gasteiger partial charge in [0, 0.05) is 12.2 Å². The Bertz CT molecular complexity index is 1210. The van der Waals surface area contributed by atoms with Crippen LogP contribution in [0, 0.1) is 20.8 Å². The molecule has 3 aromatic carbocycles. The molecule has 0 unspecified atom stereocenters. The second-order valence-corrected chi connectivity index (χ2v) is 9.94. The number of hydrogen-bond acceptors (Lipinski definition) is 3. The van der Waals surface area contributed by atoms with E-state index in [1.54, 1.807) is 12.1 Å². The maximum Gasteiger partial charge on any atom is 0.243 e. The number of anilines is 1. The molecule has 1 aliphatic heterocycles. The highest BCUT2D eigenvalue weighted by atomic mass is 32.2. The third-order valence-corrected chi connectivity index (χ3v) is 7.66. The number of nitrogens with zero attached hydrogens (tertiary/aromatic N) is 1. The molecule has 0 bridgehead atoms. The maximum atomic E-state index is 13.4. The number of nitrogens with one attached hydrogen (secondary N) is 1. The van der Waals surface area contributed by atoms with Crippen molar-refractivity contribution in [1.82, 2.24) is 4.31 Å². The molecule has 1 aliphatic rings. The highest BCUT2D eigenvalue weighted by molar-refractivity contribution is 7.89. The lowest BCUT2D eigenvalue weighted by Crippen LogP contribution is -2.43. The number of amides is 1. The normalized spacial score (nSPS) is 17.4. The molecule has 3 aromatic rings. The number of sulfonamides is 1. The molecule has 1 saturated heterocycles. The molecule has 0 aliphatic carbocycles. The van der Waals surface area contributed by atoms with Gasteiger partial charge in [0.05, 0.1) is 4.90 Å². The van der Waals surface area contributed by atoms with Crippen molar-refractivity contribution in [2.24, 2.45) is 0 Å². The molecule has 1 N–H and O–H groups in total. The summed E-state index contributed by atoms with van der Waals surface area (Å²) in [4.78, 5) is 13.3. The van der Waals surface area contributed by atoms with Crippen molar-refractivity contribution in [3.8, 4) is 0 Å². The van der Waals surface area contributed by atoms with E-state index in [0.29, 0.717) is 19.4 Å². The summed E-state index contributed by atoms with van der Waals surface area (Å²) in [6.45, 7) is 6.27. The summed E-state index contributed by atoms with van der Waals surface area (Å²) in [6.07, 6.45) is 1.18. The van der Waals surface area contributed by atoms with Crippen LogP contribution in [0.1, 0.15) is 29.5 Å². The van der Waals surface area contributed by atoms with E-state index in [0.717, 1.165) is 33.2 Å². The van der Waals surface area contributed by atoms with Crippen LogP contribution in [-0.2, 0) is 14.8 Å². The van der Waals surface area contributed by atoms with Crippen molar-refractivity contribution in [2.45, 2.75) is 44.6 Å². The van der Waals surface area contributed by atoms with Gasteiger partial charge in [-0.3, -0.25) is 4.79 Å². The summed E-state index contributed by atoms with van der Waals surface area (Å²) in [6, 6.07) is 16.1. The molecule has 1 heterocycles. The lowest BCUT2D eigenvalue weighted by atomic mass is 10.0. The van der Waals surface area contributed by atoms with Gasteiger partial charge in [-0.25, -0.2) is 8.42 Å². The molecule has 4 rings (SSSR count). The number of aryl methyl sites for hydroxylation is 3. The smallest absolute Gasteiger partial charge is 0.243 e. The topological polar surface area (TPSA) is 66.5 Å². The van der Waals surface area contributed by atoms with Gasteiger partial charge in [-0.2, -0.15) is 4.31 Å². The van der Waals surface area contributed by atoms with E-state index in [-0.39, 0.29) is 10.8 Å². The Morgan fingerprint density at radius 1 is 0.967 bits per heavy atom. The van der Waals surface area contributed by atoms with Crippen LogP contribution in [0.15, 0.2) is 59.5 Å². The van der Waals surface area contributed by atoms with Crippen molar-refractivity contribution in [3.05, 3.63) is 71.3 Å². The Morgan fingerprint density at radius 2 is 1.63 bits per heavy atom. The van der Waals surface area contributed by atoms with Gasteiger partial charge in [0.15, 0.2) is 0 Å². The number of fused-ring (bicyclic) bond motifs is 1. The third kappa shape index (κ3) is 3.73. The second kappa shape index (κ2) is 7.85. The summed E-state index contributed by atoms with van der Waals surface area (Å²) in [5.41, 5.74) is 3.84. The second-order valence-electron chi connectivity index (χ2n) is 8.05. The van der Waals surface area contributed by atoms with Crippen LogP contribution in [0.2, 0.25) is 0 Å². The predicted octanol–water partition coefficient (Wildman–Crippen LogP) is 4.56. The standard InChI is InChI=1S/C24H26N2O3S/c1-16-13-17(2)23(18(3)14-16)25-24(27)22-9-6-12-26(22)30(28,29)21-11-10-19-7-4-5-8-20(19)15-21/h4-5,7-8,10-11,13-15,22H,6,9,12H2,1-3H3,(H,25,27)/t22-/m1/s1. The summed E-state index contributed by atoms with van der Waals surface area (Å²) >= 11 is 0. The monoisotopic (exact) mass is 422 g/mol. The van der Waals surface area contributed by atoms with Gasteiger partial charge >= 0.3 is 0 Å². The highest BCUT2D eigenvalue weighted by Gasteiger charge is 2.39. The van der Waals surface area contributed by atoms with Crippen molar-refractivity contribution in [1.29, 1.82) is 0 Å². The van der Waals surface area contributed by atoms with Gasteiger partial charge in [0.1, 0.15) is 6.04 Å². The first kappa shape index (κ1) is 20.6. The zero-order valence-corrected chi connectivity index (χ0v) is 18.3. The minimum Gasteiger partial charge on any atom is -0.324 e. The van der Waals surface area contributed by atoms with Crippen molar-refractivity contribution < 1.29 is 13.2 Å². The minimum atomic E-state index is -3.77. The van der Waals surface area contributed by atoms with Gasteiger partial charge in [-0.15, -0.1) is 0 Å². The van der Waals surface area contributed by atoms with Crippen molar-refractivity contribution in [2.75, 3.05) is 11.9 Å². The van der Waals surface area contributed by atoms with Crippen LogP contribution >= 0.6 is 0 Å². The molecule has 1 fully saturated rings. The summed E-state index contributed by atoms with van der Waals surface area (Å²) in [5, 5.41) is 4.83. The van der Waals surface area contributed by atoms with Gasteiger partial charge in [0.25, 0.3) is 0 Å². The molecule has 0 saturated carbocycles. The van der Waals surface area contributed by atoms with E-state index in [2.05, 4.69) is 5.32 Å². The maximum absolute atomic E-state index is 13.4. The molecule has 6 heteroatoms. The fourth-order valence-corrected chi connectivity index (χ4v) is 6.03. The van der Waals surface area contributed by atoms with Gasteiger partial charge in [-0.1, -0.05) is 48.0 Å². The van der Waals surface area contributed by atoms with E-state index < -0.39 is 16.1 Å². The van der Waals surface area contributed by atoms with E-state index in [4.69, 9.17) is 0 Å². The molecule has 0 radical (unpaired) electrons. The van der Waals surface area contributed by atoms with Crippen LogP contribution in [0.25, 0.3) is 10.8 Å². The fourth-order valence-electron chi connectivity index (χ4n) is 4.34. The van der Waals surface area contributed by atoms with Gasteiger partial charge in [0.2, 0.25) is 15.9 Å². The van der Waals surface area contributed by atoms with E-state index >= 15 is 0 Å². The Kier molecular flexibility index (Phi) is 5.38. The molecule has 0 spiro atoms. The van der Waals surface area contributed by atoms with Gasteiger partial charge < -0.3 is 5.32 Å². The Hall–Kier alpha value is -2.70. The van der Waals surface area contributed by atoms with E-state index in [1.807, 2.05) is 63.2 Å². The summed E-state index contributed by atoms with van der Waals surface area (Å²) in [5.74, 6) is -0.271. The summed E-state index contributed by atoms with van der Waals surface area (Å²) < 4.78 is 28.1. The molecule has 156 valence electrons. The number of rotatable bonds is 4. The highest BCUT2D eigenvalue weighted by Crippen LogP contribution is 2.30. The minimum absolute atomic E-state index is 0.226. The molecule has 30 heavy (non-hydrogen) atoms. The molecule has 1 atom stereocenters. The number of benzene rings is 3. The largest absolute Gasteiger partial charge is 0.324 e. The van der Waals surface area contributed by atoms with Crippen molar-refractivity contribution in [3.63, 3.8) is 0 Å². The molecular formula is C24H26N2O3S. The van der Waals surface area contributed by atoms with E-state index in [9.17, 15) is 13.2 Å². The number of carbonyl (C=O) groups is 1.